The zero-order valence-corrected chi connectivity index (χ0v) is 14.3. The fourth-order valence-electron chi connectivity index (χ4n) is 2.42. The molecule has 4 rings (SSSR count). The molecule has 0 unspecified atom stereocenters. The Labute approximate surface area is 146 Å². The van der Waals surface area contributed by atoms with Crippen LogP contribution in [-0.2, 0) is 7.05 Å². The maximum atomic E-state index is 12.2. The van der Waals surface area contributed by atoms with Crippen molar-refractivity contribution in [2.75, 3.05) is 5.32 Å². The zero-order chi connectivity index (χ0) is 17.4. The molecule has 0 spiro atoms. The molecule has 0 radical (unpaired) electrons. The third kappa shape index (κ3) is 2.96. The number of nitrogens with one attached hydrogen (secondary N) is 1. The minimum absolute atomic E-state index is 0.229. The number of nitrogens with zero attached hydrogens (tertiary/aromatic N) is 6. The van der Waals surface area contributed by atoms with Crippen LogP contribution in [0.4, 0.5) is 5.95 Å². The van der Waals surface area contributed by atoms with E-state index in [-0.39, 0.29) is 16.9 Å². The average molecular weight is 351 g/mol. The molecule has 124 valence electrons. The molecule has 0 aliphatic heterocycles. The largest absolute Gasteiger partial charge is 0.334 e. The van der Waals surface area contributed by atoms with Gasteiger partial charge in [-0.2, -0.15) is 0 Å². The van der Waals surface area contributed by atoms with Gasteiger partial charge in [0.1, 0.15) is 5.01 Å². The number of carbonyl (C=O) groups is 1. The molecule has 9 heteroatoms. The molecule has 3 aromatic heterocycles. The Morgan fingerprint density at radius 2 is 2.12 bits per heavy atom. The molecule has 1 amide bonds. The third-order valence-corrected chi connectivity index (χ3v) is 4.48. The van der Waals surface area contributed by atoms with Crippen LogP contribution in [0.1, 0.15) is 14.8 Å². The summed E-state index contributed by atoms with van der Waals surface area (Å²) >= 11 is 1.22. The first-order chi connectivity index (χ1) is 12.1. The number of aromatic nitrogens is 6. The van der Waals surface area contributed by atoms with Gasteiger partial charge in [0.2, 0.25) is 11.0 Å². The molecule has 1 aromatic carbocycles. The summed E-state index contributed by atoms with van der Waals surface area (Å²) in [6.07, 6.45) is 5.22. The monoisotopic (exact) mass is 351 g/mol. The van der Waals surface area contributed by atoms with E-state index in [9.17, 15) is 4.79 Å². The summed E-state index contributed by atoms with van der Waals surface area (Å²) in [4.78, 5) is 24.9. The van der Waals surface area contributed by atoms with Crippen LogP contribution < -0.4 is 5.32 Å². The van der Waals surface area contributed by atoms with Gasteiger partial charge >= 0.3 is 0 Å². The van der Waals surface area contributed by atoms with E-state index in [2.05, 4.69) is 30.5 Å². The fraction of sp³-hybridized carbons (Fsp3) is 0.125. The minimum atomic E-state index is -0.368. The molecule has 1 N–H and O–H groups in total. The first-order valence-electron chi connectivity index (χ1n) is 7.45. The van der Waals surface area contributed by atoms with Crippen LogP contribution in [0.15, 0.2) is 36.9 Å². The number of rotatable bonds is 3. The van der Waals surface area contributed by atoms with Gasteiger partial charge in [0, 0.05) is 24.2 Å². The Balaban J connectivity index is 1.67. The summed E-state index contributed by atoms with van der Waals surface area (Å²) in [6, 6.07) is 5.88. The number of imidazole rings is 1. The summed E-state index contributed by atoms with van der Waals surface area (Å²) in [7, 11) is 1.93. The maximum Gasteiger partial charge on any atom is 0.289 e. The van der Waals surface area contributed by atoms with E-state index in [1.807, 2.05) is 29.8 Å². The molecule has 4 aromatic rings. The van der Waals surface area contributed by atoms with Crippen molar-refractivity contribution in [3.8, 4) is 11.3 Å². The summed E-state index contributed by atoms with van der Waals surface area (Å²) < 4.78 is 1.93. The van der Waals surface area contributed by atoms with Crippen LogP contribution in [0.2, 0.25) is 0 Å². The van der Waals surface area contributed by atoms with E-state index >= 15 is 0 Å². The number of benzene rings is 1. The van der Waals surface area contributed by atoms with E-state index in [1.165, 1.54) is 11.3 Å². The van der Waals surface area contributed by atoms with Gasteiger partial charge in [-0.1, -0.05) is 23.5 Å². The SMILES string of the molecule is Cc1nnc(C(=O)Nc2ncc3ccc(-c4cncn4C)cc3n2)s1. The molecule has 0 aliphatic carbocycles. The molecular weight excluding hydrogens is 338 g/mol. The zero-order valence-electron chi connectivity index (χ0n) is 13.5. The highest BCUT2D eigenvalue weighted by Crippen LogP contribution is 2.23. The highest BCUT2D eigenvalue weighted by atomic mass is 32.1. The Bertz CT molecular complexity index is 1080. The quantitative estimate of drug-likeness (QED) is 0.609. The van der Waals surface area contributed by atoms with E-state index < -0.39 is 0 Å². The lowest BCUT2D eigenvalue weighted by molar-refractivity contribution is 0.102. The minimum Gasteiger partial charge on any atom is -0.334 e. The van der Waals surface area contributed by atoms with Gasteiger partial charge < -0.3 is 4.57 Å². The van der Waals surface area contributed by atoms with Crippen molar-refractivity contribution in [3.05, 3.63) is 46.9 Å². The molecule has 0 fully saturated rings. The Hall–Kier alpha value is -3.20. The molecule has 0 saturated carbocycles. The first kappa shape index (κ1) is 15.3. The van der Waals surface area contributed by atoms with Crippen LogP contribution >= 0.6 is 11.3 Å². The van der Waals surface area contributed by atoms with Crippen molar-refractivity contribution in [1.29, 1.82) is 0 Å². The van der Waals surface area contributed by atoms with Gasteiger partial charge in [-0.05, 0) is 13.0 Å². The van der Waals surface area contributed by atoms with Gasteiger partial charge in [0.15, 0.2) is 0 Å². The highest BCUT2D eigenvalue weighted by Gasteiger charge is 2.13. The van der Waals surface area contributed by atoms with Crippen molar-refractivity contribution < 1.29 is 4.79 Å². The normalized spacial score (nSPS) is 11.0. The number of hydrogen-bond acceptors (Lipinski definition) is 7. The van der Waals surface area contributed by atoms with Crippen molar-refractivity contribution in [2.45, 2.75) is 6.92 Å². The highest BCUT2D eigenvalue weighted by molar-refractivity contribution is 7.13. The van der Waals surface area contributed by atoms with Crippen LogP contribution in [-0.4, -0.2) is 35.6 Å². The van der Waals surface area contributed by atoms with Gasteiger partial charge in [-0.3, -0.25) is 10.1 Å². The van der Waals surface area contributed by atoms with Crippen LogP contribution in [0.3, 0.4) is 0 Å². The van der Waals surface area contributed by atoms with E-state index in [0.29, 0.717) is 0 Å². The summed E-state index contributed by atoms with van der Waals surface area (Å²) in [5, 5.41) is 12.2. The number of anilines is 1. The maximum absolute atomic E-state index is 12.2. The molecule has 8 nitrogen and oxygen atoms in total. The summed E-state index contributed by atoms with van der Waals surface area (Å²) in [6.45, 7) is 1.79. The van der Waals surface area contributed by atoms with Crippen molar-refractivity contribution >= 4 is 34.1 Å². The van der Waals surface area contributed by atoms with E-state index in [4.69, 9.17) is 0 Å². The molecule has 25 heavy (non-hydrogen) atoms. The molecule has 0 atom stereocenters. The number of aryl methyl sites for hydroxylation is 2. The lowest BCUT2D eigenvalue weighted by Crippen LogP contribution is -2.14. The predicted molar refractivity (Wildman–Crippen MR) is 94.3 cm³/mol. The van der Waals surface area contributed by atoms with Crippen LogP contribution in [0.5, 0.6) is 0 Å². The second kappa shape index (κ2) is 6.02. The number of carbonyl (C=O) groups excluding carboxylic acids is 1. The Kier molecular flexibility index (Phi) is 3.69. The fourth-order valence-corrected chi connectivity index (χ4v) is 3.01. The van der Waals surface area contributed by atoms with Gasteiger partial charge in [-0.25, -0.2) is 15.0 Å². The smallest absolute Gasteiger partial charge is 0.289 e. The molecule has 0 saturated heterocycles. The van der Waals surface area contributed by atoms with Gasteiger partial charge in [0.25, 0.3) is 5.91 Å². The van der Waals surface area contributed by atoms with E-state index in [1.54, 1.807) is 25.6 Å². The Morgan fingerprint density at radius 1 is 1.24 bits per heavy atom. The van der Waals surface area contributed by atoms with Crippen LogP contribution in [0, 0.1) is 6.92 Å². The number of fused-ring (bicyclic) bond motifs is 1. The molecule has 3 heterocycles. The molecular formula is C16H13N7OS. The first-order valence-corrected chi connectivity index (χ1v) is 8.27. The number of amides is 1. The second-order valence-electron chi connectivity index (χ2n) is 5.44. The topological polar surface area (TPSA) is 98.5 Å². The number of hydrogen-bond donors (Lipinski definition) is 1. The van der Waals surface area contributed by atoms with Gasteiger partial charge in [0.05, 0.1) is 23.7 Å². The van der Waals surface area contributed by atoms with Crippen molar-refractivity contribution in [3.63, 3.8) is 0 Å². The lowest BCUT2D eigenvalue weighted by atomic mass is 10.1. The molecule has 0 aliphatic rings. The van der Waals surface area contributed by atoms with Crippen molar-refractivity contribution in [1.82, 2.24) is 29.7 Å². The third-order valence-electron chi connectivity index (χ3n) is 3.64. The molecule has 0 bridgehead atoms. The van der Waals surface area contributed by atoms with Crippen molar-refractivity contribution in [2.24, 2.45) is 7.05 Å². The van der Waals surface area contributed by atoms with Crippen LogP contribution in [0.25, 0.3) is 22.2 Å². The Morgan fingerprint density at radius 3 is 2.84 bits per heavy atom. The second-order valence-corrected chi connectivity index (χ2v) is 6.62. The predicted octanol–water partition coefficient (Wildman–Crippen LogP) is 2.44. The standard InChI is InChI=1S/C16H13N7OS/c1-9-21-22-15(25-9)14(24)20-16-18-6-11-4-3-10(5-12(11)19-16)13-7-17-8-23(13)2/h3-8H,1-2H3,(H,18,19,20,24). The summed E-state index contributed by atoms with van der Waals surface area (Å²) in [5.41, 5.74) is 2.70. The van der Waals surface area contributed by atoms with Gasteiger partial charge in [-0.15, -0.1) is 10.2 Å². The lowest BCUT2D eigenvalue weighted by Gasteiger charge is -2.06. The summed E-state index contributed by atoms with van der Waals surface area (Å²) in [5.74, 6) is -0.139. The van der Waals surface area contributed by atoms with E-state index in [0.717, 1.165) is 27.2 Å². The average Bonchev–Trinajstić information content (AvgIpc) is 3.22.